The highest BCUT2D eigenvalue weighted by Crippen LogP contribution is 2.28. The van der Waals surface area contributed by atoms with Crippen molar-refractivity contribution >= 4 is 0 Å². The molecule has 0 saturated heterocycles. The molecule has 1 aliphatic carbocycles. The zero-order valence-corrected chi connectivity index (χ0v) is 7.98. The van der Waals surface area contributed by atoms with Gasteiger partial charge in [0.25, 0.3) is 0 Å². The molecule has 1 heterocycles. The molecule has 1 saturated carbocycles. The van der Waals surface area contributed by atoms with E-state index in [4.69, 9.17) is 5.73 Å². The van der Waals surface area contributed by atoms with E-state index in [1.165, 1.54) is 19.3 Å². The quantitative estimate of drug-likeness (QED) is 0.757. The van der Waals surface area contributed by atoms with Gasteiger partial charge in [0, 0.05) is 12.6 Å². The lowest BCUT2D eigenvalue weighted by molar-refractivity contribution is 0.260. The van der Waals surface area contributed by atoms with Crippen LogP contribution in [-0.4, -0.2) is 15.0 Å². The van der Waals surface area contributed by atoms with E-state index in [1.54, 1.807) is 6.20 Å². The maximum absolute atomic E-state index is 5.79. The van der Waals surface area contributed by atoms with Crippen molar-refractivity contribution in [2.24, 2.45) is 11.7 Å². The summed E-state index contributed by atoms with van der Waals surface area (Å²) >= 11 is 0. The second-order valence-electron chi connectivity index (χ2n) is 3.93. The molecule has 0 spiro atoms. The molecule has 0 bridgehead atoms. The van der Waals surface area contributed by atoms with E-state index < -0.39 is 0 Å². The van der Waals surface area contributed by atoms with Crippen LogP contribution < -0.4 is 5.73 Å². The fourth-order valence-corrected chi connectivity index (χ4v) is 1.68. The summed E-state index contributed by atoms with van der Waals surface area (Å²) in [5, 5.41) is 7.93. The number of nitrogens with zero attached hydrogens (tertiary/aromatic N) is 3. The van der Waals surface area contributed by atoms with Crippen molar-refractivity contribution in [3.05, 3.63) is 11.9 Å². The van der Waals surface area contributed by atoms with Gasteiger partial charge in [-0.25, -0.2) is 4.68 Å². The monoisotopic (exact) mass is 180 g/mol. The topological polar surface area (TPSA) is 56.7 Å². The second kappa shape index (κ2) is 3.46. The van der Waals surface area contributed by atoms with Gasteiger partial charge in [-0.1, -0.05) is 11.6 Å². The van der Waals surface area contributed by atoms with Crippen LogP contribution in [0.5, 0.6) is 0 Å². The summed E-state index contributed by atoms with van der Waals surface area (Å²) in [6.45, 7) is 2.97. The van der Waals surface area contributed by atoms with Gasteiger partial charge in [-0.15, -0.1) is 5.10 Å². The maximum Gasteiger partial charge on any atom is 0.0751 e. The van der Waals surface area contributed by atoms with Crippen molar-refractivity contribution in [1.82, 2.24) is 15.0 Å². The average Bonchev–Trinajstić information content (AvgIpc) is 2.44. The Labute approximate surface area is 78.1 Å². The molecule has 0 aliphatic heterocycles. The summed E-state index contributed by atoms with van der Waals surface area (Å²) in [6, 6.07) is 0.0371. The minimum absolute atomic E-state index is 0.0371. The van der Waals surface area contributed by atoms with E-state index in [-0.39, 0.29) is 6.04 Å². The van der Waals surface area contributed by atoms with Crippen LogP contribution in [0.2, 0.25) is 0 Å². The molecule has 13 heavy (non-hydrogen) atoms. The zero-order valence-electron chi connectivity index (χ0n) is 7.98. The van der Waals surface area contributed by atoms with Crippen LogP contribution in [0.4, 0.5) is 0 Å². The van der Waals surface area contributed by atoms with Gasteiger partial charge in [-0.2, -0.15) is 0 Å². The van der Waals surface area contributed by atoms with E-state index >= 15 is 0 Å². The van der Waals surface area contributed by atoms with Crippen LogP contribution in [0.25, 0.3) is 0 Å². The molecule has 4 nitrogen and oxygen atoms in total. The Balaban J connectivity index is 2.05. The highest BCUT2D eigenvalue weighted by atomic mass is 15.4. The molecule has 1 aromatic heterocycles. The Morgan fingerprint density at radius 1 is 1.69 bits per heavy atom. The molecular weight excluding hydrogens is 164 g/mol. The third-order valence-electron chi connectivity index (χ3n) is 2.77. The molecule has 0 radical (unpaired) electrons. The Morgan fingerprint density at radius 2 is 2.46 bits per heavy atom. The molecule has 1 fully saturated rings. The Bertz CT molecular complexity index is 275. The van der Waals surface area contributed by atoms with Gasteiger partial charge >= 0.3 is 0 Å². The fraction of sp³-hybridized carbons (Fsp3) is 0.778. The van der Waals surface area contributed by atoms with E-state index in [0.717, 1.165) is 18.2 Å². The predicted octanol–water partition coefficient (Wildman–Crippen LogP) is 1.10. The normalized spacial score (nSPS) is 19.8. The van der Waals surface area contributed by atoms with Crippen LogP contribution >= 0.6 is 0 Å². The molecule has 0 aromatic carbocycles. The number of nitrogens with two attached hydrogens (primary N) is 1. The first-order valence-electron chi connectivity index (χ1n) is 4.91. The summed E-state index contributed by atoms with van der Waals surface area (Å²) in [6.07, 6.45) is 5.80. The van der Waals surface area contributed by atoms with Crippen molar-refractivity contribution in [2.45, 2.75) is 38.8 Å². The highest BCUT2D eigenvalue weighted by molar-refractivity contribution is 4.99. The van der Waals surface area contributed by atoms with Crippen LogP contribution in [-0.2, 0) is 6.54 Å². The van der Waals surface area contributed by atoms with Crippen LogP contribution in [0.3, 0.4) is 0 Å². The number of aromatic nitrogens is 3. The minimum atomic E-state index is 0.0371. The van der Waals surface area contributed by atoms with Crippen LogP contribution in [0.1, 0.15) is 37.9 Å². The Morgan fingerprint density at radius 3 is 3.00 bits per heavy atom. The van der Waals surface area contributed by atoms with Gasteiger partial charge in [0.1, 0.15) is 0 Å². The van der Waals surface area contributed by atoms with E-state index in [2.05, 4.69) is 10.3 Å². The summed E-state index contributed by atoms with van der Waals surface area (Å²) in [5.74, 6) is 0.805. The van der Waals surface area contributed by atoms with Gasteiger partial charge in [0.2, 0.25) is 0 Å². The molecule has 4 heteroatoms. The van der Waals surface area contributed by atoms with E-state index in [0.29, 0.717) is 0 Å². The van der Waals surface area contributed by atoms with Gasteiger partial charge < -0.3 is 5.73 Å². The molecule has 1 aliphatic rings. The third-order valence-corrected chi connectivity index (χ3v) is 2.77. The lowest BCUT2D eigenvalue weighted by Gasteiger charge is -2.25. The molecule has 72 valence electrons. The van der Waals surface area contributed by atoms with Crippen LogP contribution in [0.15, 0.2) is 6.20 Å². The zero-order chi connectivity index (χ0) is 9.26. The third kappa shape index (κ3) is 1.72. The Kier molecular flexibility index (Phi) is 2.31. The van der Waals surface area contributed by atoms with Crippen LogP contribution in [0, 0.1) is 5.92 Å². The summed E-state index contributed by atoms with van der Waals surface area (Å²) in [7, 11) is 0. The standard InChI is InChI=1S/C9H16N4/c1-7(10)9-5-11-12-13(9)6-8-3-2-4-8/h5,7-8H,2-4,6,10H2,1H3/t7-/m1/s1. The predicted molar refractivity (Wildman–Crippen MR) is 50.0 cm³/mol. The van der Waals surface area contributed by atoms with Crippen molar-refractivity contribution in [3.8, 4) is 0 Å². The molecular formula is C9H16N4. The van der Waals surface area contributed by atoms with Crippen molar-refractivity contribution in [2.75, 3.05) is 0 Å². The summed E-state index contributed by atoms with van der Waals surface area (Å²) in [4.78, 5) is 0. The molecule has 2 N–H and O–H groups in total. The van der Waals surface area contributed by atoms with Gasteiger partial charge in [-0.3, -0.25) is 0 Å². The smallest absolute Gasteiger partial charge is 0.0751 e. The average molecular weight is 180 g/mol. The molecule has 1 aromatic rings. The molecule has 0 amide bonds. The van der Waals surface area contributed by atoms with Gasteiger partial charge in [0.15, 0.2) is 0 Å². The fourth-order valence-electron chi connectivity index (χ4n) is 1.68. The first-order chi connectivity index (χ1) is 6.27. The van der Waals surface area contributed by atoms with E-state index in [9.17, 15) is 0 Å². The first-order valence-corrected chi connectivity index (χ1v) is 4.91. The molecule has 2 rings (SSSR count). The summed E-state index contributed by atoms with van der Waals surface area (Å²) in [5.41, 5.74) is 6.84. The second-order valence-corrected chi connectivity index (χ2v) is 3.93. The lowest BCUT2D eigenvalue weighted by Crippen LogP contribution is -2.22. The number of rotatable bonds is 3. The largest absolute Gasteiger partial charge is 0.323 e. The maximum atomic E-state index is 5.79. The van der Waals surface area contributed by atoms with E-state index in [1.807, 2.05) is 11.6 Å². The first kappa shape index (κ1) is 8.69. The Hall–Kier alpha value is -0.900. The minimum Gasteiger partial charge on any atom is -0.323 e. The highest BCUT2D eigenvalue weighted by Gasteiger charge is 2.20. The van der Waals surface area contributed by atoms with Gasteiger partial charge in [0.05, 0.1) is 11.9 Å². The molecule has 1 atom stereocenters. The number of hydrogen-bond donors (Lipinski definition) is 1. The van der Waals surface area contributed by atoms with Crippen molar-refractivity contribution in [3.63, 3.8) is 0 Å². The summed E-state index contributed by atoms with van der Waals surface area (Å²) < 4.78 is 1.95. The lowest BCUT2D eigenvalue weighted by atomic mass is 9.85. The van der Waals surface area contributed by atoms with Crippen molar-refractivity contribution in [1.29, 1.82) is 0 Å². The molecule has 0 unspecified atom stereocenters. The SMILES string of the molecule is C[C@@H](N)c1cnnn1CC1CCC1. The van der Waals surface area contributed by atoms with Gasteiger partial charge in [-0.05, 0) is 25.7 Å². The van der Waals surface area contributed by atoms with Crippen molar-refractivity contribution < 1.29 is 0 Å². The number of hydrogen-bond acceptors (Lipinski definition) is 3.